The maximum Gasteiger partial charge on any atom is 0.0932 e. The van der Waals surface area contributed by atoms with Gasteiger partial charge in [-0.05, 0) is 44.0 Å². The van der Waals surface area contributed by atoms with E-state index in [9.17, 15) is 0 Å². The fraction of sp³-hybridized carbons (Fsp3) is 0.412. The average molecular weight is 338 g/mol. The Hall–Kier alpha value is -0.640. The number of hydrogen-bond acceptors (Lipinski definition) is 3. The minimum atomic E-state index is 0.285. The van der Waals surface area contributed by atoms with Gasteiger partial charge in [-0.2, -0.15) is 0 Å². The molecule has 1 aliphatic carbocycles. The Bertz CT molecular complexity index is 590. The van der Waals surface area contributed by atoms with Gasteiger partial charge in [0.15, 0.2) is 0 Å². The van der Waals surface area contributed by atoms with Crippen LogP contribution in [-0.4, -0.2) is 5.25 Å². The third-order valence-corrected chi connectivity index (χ3v) is 6.70. The maximum atomic E-state index is 6.04. The minimum Gasteiger partial charge on any atom is -0.377 e. The van der Waals surface area contributed by atoms with E-state index in [-0.39, 0.29) is 6.04 Å². The second-order valence-corrected chi connectivity index (χ2v) is 8.62. The van der Waals surface area contributed by atoms with Gasteiger partial charge in [0.25, 0.3) is 0 Å². The molecule has 112 valence electrons. The first kappa shape index (κ1) is 15.3. The summed E-state index contributed by atoms with van der Waals surface area (Å²) >= 11 is 9.72. The van der Waals surface area contributed by atoms with Crippen LogP contribution in [0.3, 0.4) is 0 Å². The van der Waals surface area contributed by atoms with Gasteiger partial charge in [0.1, 0.15) is 0 Å². The van der Waals surface area contributed by atoms with Crippen molar-refractivity contribution in [3.63, 3.8) is 0 Å². The normalized spacial score (nSPS) is 17.0. The average Bonchev–Trinajstić information content (AvgIpc) is 3.12. The van der Waals surface area contributed by atoms with Gasteiger partial charge in [-0.15, -0.1) is 23.1 Å². The number of hydrogen-bond donors (Lipinski definition) is 1. The van der Waals surface area contributed by atoms with Gasteiger partial charge < -0.3 is 5.32 Å². The first-order chi connectivity index (χ1) is 10.2. The van der Waals surface area contributed by atoms with E-state index in [1.165, 1.54) is 41.1 Å². The molecule has 3 rings (SSSR count). The summed E-state index contributed by atoms with van der Waals surface area (Å²) in [5.41, 5.74) is 1.24. The van der Waals surface area contributed by atoms with E-state index in [1.54, 1.807) is 11.3 Å². The summed E-state index contributed by atoms with van der Waals surface area (Å²) in [6.07, 6.45) is 5.49. The smallest absolute Gasteiger partial charge is 0.0932 e. The fourth-order valence-corrected chi connectivity index (χ4v) is 5.14. The van der Waals surface area contributed by atoms with Crippen LogP contribution in [0.25, 0.3) is 0 Å². The van der Waals surface area contributed by atoms with Crippen LogP contribution >= 0.6 is 34.7 Å². The van der Waals surface area contributed by atoms with Crippen LogP contribution < -0.4 is 5.32 Å². The highest BCUT2D eigenvalue weighted by atomic mass is 35.5. The third-order valence-electron chi connectivity index (χ3n) is 3.88. The second-order valence-electron chi connectivity index (χ2n) is 5.53. The Morgan fingerprint density at radius 1 is 1.19 bits per heavy atom. The Labute approximate surface area is 140 Å². The lowest BCUT2D eigenvalue weighted by atomic mass is 10.2. The number of nitrogens with one attached hydrogen (secondary N) is 1. The lowest BCUT2D eigenvalue weighted by Gasteiger charge is -2.18. The molecule has 1 aliphatic rings. The zero-order valence-electron chi connectivity index (χ0n) is 12.1. The van der Waals surface area contributed by atoms with Crippen molar-refractivity contribution < 1.29 is 0 Å². The fourth-order valence-electron chi connectivity index (χ4n) is 2.74. The van der Waals surface area contributed by atoms with Crippen LogP contribution in [0.4, 0.5) is 5.69 Å². The first-order valence-corrected chi connectivity index (χ1v) is 9.57. The molecule has 1 heterocycles. The zero-order valence-corrected chi connectivity index (χ0v) is 14.5. The van der Waals surface area contributed by atoms with Crippen molar-refractivity contribution in [2.75, 3.05) is 5.32 Å². The molecule has 21 heavy (non-hydrogen) atoms. The summed E-state index contributed by atoms with van der Waals surface area (Å²) in [4.78, 5) is 2.65. The van der Waals surface area contributed by atoms with E-state index in [0.717, 1.165) is 9.59 Å². The first-order valence-electron chi connectivity index (χ1n) is 7.50. The molecule has 1 nitrogen and oxygen atoms in total. The van der Waals surface area contributed by atoms with E-state index in [4.69, 9.17) is 11.6 Å². The van der Waals surface area contributed by atoms with E-state index >= 15 is 0 Å². The van der Waals surface area contributed by atoms with Crippen LogP contribution in [0.1, 0.15) is 43.5 Å². The Balaban J connectivity index is 1.72. The summed E-state index contributed by atoms with van der Waals surface area (Å²) in [6.45, 7) is 2.19. The monoisotopic (exact) mass is 337 g/mol. The number of benzene rings is 1. The van der Waals surface area contributed by atoms with Crippen molar-refractivity contribution in [3.8, 4) is 0 Å². The Morgan fingerprint density at radius 3 is 2.67 bits per heavy atom. The van der Waals surface area contributed by atoms with Gasteiger partial charge in [-0.1, -0.05) is 36.6 Å². The summed E-state index contributed by atoms with van der Waals surface area (Å²) < 4.78 is 0.854. The topological polar surface area (TPSA) is 12.0 Å². The zero-order chi connectivity index (χ0) is 14.7. The number of thiophene rings is 1. The molecule has 0 radical (unpaired) electrons. The lowest BCUT2D eigenvalue weighted by molar-refractivity contribution is 0.886. The molecule has 0 spiro atoms. The van der Waals surface area contributed by atoms with Crippen LogP contribution in [0.5, 0.6) is 0 Å². The summed E-state index contributed by atoms with van der Waals surface area (Å²) in [5, 5.41) is 4.44. The summed E-state index contributed by atoms with van der Waals surface area (Å²) in [5.74, 6) is 0. The molecule has 1 saturated carbocycles. The van der Waals surface area contributed by atoms with Gasteiger partial charge in [0.05, 0.1) is 10.4 Å². The molecule has 2 aromatic rings. The van der Waals surface area contributed by atoms with Gasteiger partial charge in [0, 0.05) is 20.7 Å². The molecule has 4 heteroatoms. The summed E-state index contributed by atoms with van der Waals surface area (Å²) in [6, 6.07) is 13.0. The molecule has 0 bridgehead atoms. The highest BCUT2D eigenvalue weighted by Crippen LogP contribution is 2.39. The molecule has 1 N–H and O–H groups in total. The molecular weight excluding hydrogens is 318 g/mol. The van der Waals surface area contributed by atoms with Gasteiger partial charge >= 0.3 is 0 Å². The van der Waals surface area contributed by atoms with Crippen LogP contribution in [-0.2, 0) is 0 Å². The second kappa shape index (κ2) is 7.08. The van der Waals surface area contributed by atoms with Crippen LogP contribution in [0, 0.1) is 0 Å². The van der Waals surface area contributed by atoms with Gasteiger partial charge in [0.2, 0.25) is 0 Å². The quantitative estimate of drug-likeness (QED) is 0.658. The molecule has 0 aliphatic heterocycles. The van der Waals surface area contributed by atoms with Crippen LogP contribution in [0.15, 0.2) is 41.3 Å². The van der Waals surface area contributed by atoms with Crippen LogP contribution in [0.2, 0.25) is 4.34 Å². The predicted molar refractivity (Wildman–Crippen MR) is 95.9 cm³/mol. The van der Waals surface area contributed by atoms with Crippen molar-refractivity contribution in [2.24, 2.45) is 0 Å². The molecule has 0 amide bonds. The number of para-hydroxylation sites is 1. The Morgan fingerprint density at radius 2 is 1.95 bits per heavy atom. The maximum absolute atomic E-state index is 6.04. The van der Waals surface area contributed by atoms with E-state index in [1.807, 2.05) is 17.8 Å². The molecule has 1 atom stereocenters. The number of halogens is 1. The predicted octanol–water partition coefficient (Wildman–Crippen LogP) is 6.61. The molecule has 1 fully saturated rings. The summed E-state index contributed by atoms with van der Waals surface area (Å²) in [7, 11) is 0. The third kappa shape index (κ3) is 3.97. The number of rotatable bonds is 5. The van der Waals surface area contributed by atoms with Crippen molar-refractivity contribution in [1.29, 1.82) is 0 Å². The van der Waals surface area contributed by atoms with E-state index in [2.05, 4.69) is 42.6 Å². The molecule has 1 unspecified atom stereocenters. The van der Waals surface area contributed by atoms with E-state index in [0.29, 0.717) is 0 Å². The van der Waals surface area contributed by atoms with E-state index < -0.39 is 0 Å². The Kier molecular flexibility index (Phi) is 5.15. The standard InChI is InChI=1S/C17H20ClNS2/c1-12(15-10-11-17(18)21-15)19-14-8-4-5-9-16(14)20-13-6-2-3-7-13/h4-5,8-13,19H,2-3,6-7H2,1H3. The molecule has 1 aromatic heterocycles. The lowest BCUT2D eigenvalue weighted by Crippen LogP contribution is -2.06. The SMILES string of the molecule is CC(Nc1ccccc1SC1CCCC1)c1ccc(Cl)s1. The van der Waals surface area contributed by atoms with Crippen molar-refractivity contribution in [2.45, 2.75) is 48.8 Å². The molecule has 1 aromatic carbocycles. The number of thioether (sulfide) groups is 1. The number of anilines is 1. The highest BCUT2D eigenvalue weighted by Gasteiger charge is 2.18. The van der Waals surface area contributed by atoms with Gasteiger partial charge in [-0.3, -0.25) is 0 Å². The molecular formula is C17H20ClNS2. The van der Waals surface area contributed by atoms with Crippen molar-refractivity contribution >= 4 is 40.4 Å². The van der Waals surface area contributed by atoms with Crippen molar-refractivity contribution in [1.82, 2.24) is 0 Å². The minimum absolute atomic E-state index is 0.285. The van der Waals surface area contributed by atoms with Gasteiger partial charge in [-0.25, -0.2) is 0 Å². The highest BCUT2D eigenvalue weighted by molar-refractivity contribution is 8.00. The largest absolute Gasteiger partial charge is 0.377 e. The van der Waals surface area contributed by atoms with Crippen molar-refractivity contribution in [3.05, 3.63) is 45.6 Å². The molecule has 0 saturated heterocycles.